The topological polar surface area (TPSA) is 147 Å². The molecule has 0 aromatic heterocycles. The maximum absolute atomic E-state index is 13.9. The Kier molecular flexibility index (Phi) is 5.28. The number of amides is 4. The second kappa shape index (κ2) is 7.63. The van der Waals surface area contributed by atoms with E-state index in [1.165, 1.54) is 24.3 Å². The Bertz CT molecular complexity index is 1410. The van der Waals surface area contributed by atoms with Gasteiger partial charge in [0.15, 0.2) is 19.7 Å². The largest absolute Gasteiger partial charge is 0.325 e. The van der Waals surface area contributed by atoms with Crippen LogP contribution in [0, 0.1) is 5.82 Å². The highest BCUT2D eigenvalue weighted by Gasteiger charge is 2.56. The number of urea groups is 1. The zero-order valence-corrected chi connectivity index (χ0v) is 18.8. The van der Waals surface area contributed by atoms with Gasteiger partial charge in [0.05, 0.1) is 15.5 Å². The molecule has 2 N–H and O–H groups in total. The minimum atomic E-state index is -3.77. The van der Waals surface area contributed by atoms with E-state index in [9.17, 15) is 35.6 Å². The SMILES string of the molecule is CS(=O)(=O)c1ccc(NC(=O)CN2C(=O)N[C@@]3(CCS(=O)(=O)c4ccc(F)cc43)C2=O)cc1. The number of carbonyl (C=O) groups is 3. The summed E-state index contributed by atoms with van der Waals surface area (Å²) in [4.78, 5) is 38.7. The molecule has 2 aromatic carbocycles. The molecule has 2 heterocycles. The van der Waals surface area contributed by atoms with Crippen molar-refractivity contribution in [2.75, 3.05) is 23.9 Å². The molecule has 33 heavy (non-hydrogen) atoms. The maximum atomic E-state index is 13.9. The van der Waals surface area contributed by atoms with Gasteiger partial charge in [0, 0.05) is 17.5 Å². The van der Waals surface area contributed by atoms with Crippen LogP contribution in [0.2, 0.25) is 0 Å². The van der Waals surface area contributed by atoms with Gasteiger partial charge in [-0.1, -0.05) is 0 Å². The van der Waals surface area contributed by atoms with Crippen LogP contribution in [0.3, 0.4) is 0 Å². The van der Waals surface area contributed by atoms with E-state index in [0.29, 0.717) is 4.90 Å². The Hall–Kier alpha value is -3.32. The van der Waals surface area contributed by atoms with E-state index in [-0.39, 0.29) is 27.5 Å². The van der Waals surface area contributed by atoms with E-state index in [0.717, 1.165) is 24.5 Å². The minimum absolute atomic E-state index is 0.0506. The fraction of sp³-hybridized carbons (Fsp3) is 0.250. The van der Waals surface area contributed by atoms with Gasteiger partial charge < -0.3 is 10.6 Å². The average Bonchev–Trinajstić information content (AvgIpc) is 2.96. The maximum Gasteiger partial charge on any atom is 0.325 e. The number of sulfone groups is 2. The summed E-state index contributed by atoms with van der Waals surface area (Å²) in [5, 5.41) is 4.90. The molecule has 0 radical (unpaired) electrons. The first-order valence-corrected chi connectivity index (χ1v) is 13.1. The predicted molar refractivity (Wildman–Crippen MR) is 113 cm³/mol. The highest BCUT2D eigenvalue weighted by atomic mass is 32.2. The van der Waals surface area contributed by atoms with Crippen molar-refractivity contribution in [3.05, 3.63) is 53.8 Å². The highest BCUT2D eigenvalue weighted by molar-refractivity contribution is 7.91. The molecule has 0 bridgehead atoms. The third-order valence-electron chi connectivity index (χ3n) is 5.53. The van der Waals surface area contributed by atoms with Gasteiger partial charge >= 0.3 is 6.03 Å². The lowest BCUT2D eigenvalue weighted by Gasteiger charge is -2.32. The van der Waals surface area contributed by atoms with Crippen molar-refractivity contribution in [1.82, 2.24) is 10.2 Å². The van der Waals surface area contributed by atoms with Gasteiger partial charge in [-0.15, -0.1) is 0 Å². The van der Waals surface area contributed by atoms with E-state index < -0.39 is 61.2 Å². The summed E-state index contributed by atoms with van der Waals surface area (Å²) in [6.45, 7) is -0.683. The van der Waals surface area contributed by atoms with Crippen LogP contribution in [-0.4, -0.2) is 58.1 Å². The summed E-state index contributed by atoms with van der Waals surface area (Å²) >= 11 is 0. The Labute approximate surface area is 188 Å². The number of nitrogens with one attached hydrogen (secondary N) is 2. The monoisotopic (exact) mass is 495 g/mol. The molecule has 10 nitrogen and oxygen atoms in total. The lowest BCUT2D eigenvalue weighted by molar-refractivity contribution is -0.134. The van der Waals surface area contributed by atoms with E-state index in [2.05, 4.69) is 10.6 Å². The summed E-state index contributed by atoms with van der Waals surface area (Å²) in [6, 6.07) is 7.28. The summed E-state index contributed by atoms with van der Waals surface area (Å²) in [7, 11) is -7.19. The molecule has 1 saturated heterocycles. The number of anilines is 1. The molecule has 1 spiro atoms. The molecule has 0 unspecified atom stereocenters. The molecule has 4 amide bonds. The number of carbonyl (C=O) groups excluding carboxylic acids is 3. The number of hydrogen-bond acceptors (Lipinski definition) is 7. The van der Waals surface area contributed by atoms with Crippen LogP contribution < -0.4 is 10.6 Å². The van der Waals surface area contributed by atoms with Gasteiger partial charge in [0.1, 0.15) is 17.9 Å². The summed E-state index contributed by atoms with van der Waals surface area (Å²) in [6.07, 6.45) is 0.732. The molecule has 2 aliphatic rings. The number of imide groups is 1. The number of nitrogens with zero attached hydrogens (tertiary/aromatic N) is 1. The van der Waals surface area contributed by atoms with E-state index >= 15 is 0 Å². The van der Waals surface area contributed by atoms with Crippen LogP contribution in [-0.2, 0) is 34.8 Å². The van der Waals surface area contributed by atoms with Gasteiger partial charge in [0.25, 0.3) is 5.91 Å². The van der Waals surface area contributed by atoms with Crippen LogP contribution in [0.15, 0.2) is 52.3 Å². The van der Waals surface area contributed by atoms with Crippen molar-refractivity contribution in [3.63, 3.8) is 0 Å². The smallest absolute Gasteiger partial charge is 0.325 e. The predicted octanol–water partition coefficient (Wildman–Crippen LogP) is 0.792. The van der Waals surface area contributed by atoms with E-state index in [1.807, 2.05) is 0 Å². The molecule has 1 atom stereocenters. The number of benzene rings is 2. The molecular formula is C20H18FN3O7S2. The quantitative estimate of drug-likeness (QED) is 0.471. The van der Waals surface area contributed by atoms with E-state index in [4.69, 9.17) is 0 Å². The van der Waals surface area contributed by atoms with Gasteiger partial charge in [-0.2, -0.15) is 0 Å². The van der Waals surface area contributed by atoms with Crippen LogP contribution in [0.1, 0.15) is 12.0 Å². The fourth-order valence-corrected chi connectivity index (χ4v) is 6.16. The lowest BCUT2D eigenvalue weighted by atomic mass is 9.86. The summed E-state index contributed by atoms with van der Waals surface area (Å²) in [5.74, 6) is -2.83. The molecule has 0 saturated carbocycles. The second-order valence-corrected chi connectivity index (χ2v) is 11.9. The van der Waals surface area contributed by atoms with Crippen molar-refractivity contribution in [2.45, 2.75) is 21.8 Å². The normalized spacial score (nSPS) is 21.6. The van der Waals surface area contributed by atoms with Gasteiger partial charge in [-0.05, 0) is 48.9 Å². The third kappa shape index (κ3) is 3.97. The fourth-order valence-electron chi connectivity index (χ4n) is 3.89. The Morgan fingerprint density at radius 2 is 1.85 bits per heavy atom. The van der Waals surface area contributed by atoms with Crippen LogP contribution >= 0.6 is 0 Å². The summed E-state index contributed by atoms with van der Waals surface area (Å²) < 4.78 is 61.8. The van der Waals surface area contributed by atoms with Crippen molar-refractivity contribution < 1.29 is 35.6 Å². The van der Waals surface area contributed by atoms with E-state index in [1.54, 1.807) is 0 Å². The van der Waals surface area contributed by atoms with Gasteiger partial charge in [-0.3, -0.25) is 14.5 Å². The number of rotatable bonds is 4. The van der Waals surface area contributed by atoms with Gasteiger partial charge in [0.2, 0.25) is 5.91 Å². The third-order valence-corrected chi connectivity index (χ3v) is 8.42. The van der Waals surface area contributed by atoms with Crippen molar-refractivity contribution in [1.29, 1.82) is 0 Å². The first kappa shape index (κ1) is 22.9. The first-order valence-electron chi connectivity index (χ1n) is 9.60. The average molecular weight is 496 g/mol. The molecule has 4 rings (SSSR count). The first-order chi connectivity index (χ1) is 15.3. The molecular weight excluding hydrogens is 477 g/mol. The molecule has 0 aliphatic carbocycles. The molecule has 174 valence electrons. The molecule has 1 fully saturated rings. The Morgan fingerprint density at radius 3 is 2.48 bits per heavy atom. The van der Waals surface area contributed by atoms with Crippen molar-refractivity contribution in [2.24, 2.45) is 0 Å². The zero-order chi connectivity index (χ0) is 24.2. The molecule has 2 aliphatic heterocycles. The van der Waals surface area contributed by atoms with Crippen LogP contribution in [0.5, 0.6) is 0 Å². The molecule has 2 aromatic rings. The lowest BCUT2D eigenvalue weighted by Crippen LogP contribution is -2.49. The Morgan fingerprint density at radius 1 is 1.18 bits per heavy atom. The zero-order valence-electron chi connectivity index (χ0n) is 17.2. The Balaban J connectivity index is 1.57. The summed E-state index contributed by atoms with van der Waals surface area (Å²) in [5.41, 5.74) is -1.73. The number of fused-ring (bicyclic) bond motifs is 2. The van der Waals surface area contributed by atoms with Crippen LogP contribution in [0.4, 0.5) is 14.9 Å². The van der Waals surface area contributed by atoms with Gasteiger partial charge in [-0.25, -0.2) is 26.0 Å². The standard InChI is InChI=1S/C20H18FN3O7S2/c1-32(28,29)14-5-3-13(4-6-14)22-17(25)11-24-18(26)20(23-19(24)27)8-9-33(30,31)16-7-2-12(21)10-15(16)20/h2-7,10H,8-9,11H2,1H3,(H,22,25)(H,23,27)/t20-/m1/s1. The second-order valence-electron chi connectivity index (χ2n) is 7.78. The number of hydrogen-bond donors (Lipinski definition) is 2. The van der Waals surface area contributed by atoms with Crippen molar-refractivity contribution >= 4 is 43.2 Å². The number of halogens is 1. The highest BCUT2D eigenvalue weighted by Crippen LogP contribution is 2.41. The van der Waals surface area contributed by atoms with Crippen molar-refractivity contribution in [3.8, 4) is 0 Å². The minimum Gasteiger partial charge on any atom is -0.325 e. The molecule has 13 heteroatoms. The van der Waals surface area contributed by atoms with Crippen LogP contribution in [0.25, 0.3) is 0 Å².